The van der Waals surface area contributed by atoms with Gasteiger partial charge in [-0.1, -0.05) is 0 Å². The molecular weight excluding hydrogens is 322 g/mol. The van der Waals surface area contributed by atoms with Crippen LogP contribution in [0.2, 0.25) is 0 Å². The van der Waals surface area contributed by atoms with Crippen molar-refractivity contribution in [2.45, 2.75) is 39.0 Å². The molecule has 0 radical (unpaired) electrons. The number of aryl methyl sites for hydroxylation is 2. The van der Waals surface area contributed by atoms with E-state index in [4.69, 9.17) is 4.74 Å². The third kappa shape index (κ3) is 3.76. The first kappa shape index (κ1) is 17.3. The lowest BCUT2D eigenvalue weighted by molar-refractivity contribution is 0.0940. The molecule has 1 amide bonds. The number of rotatable bonds is 6. The molecule has 3 rings (SSSR count). The summed E-state index contributed by atoms with van der Waals surface area (Å²) in [7, 11) is 1.70. The predicted molar refractivity (Wildman–Crippen MR) is 91.3 cm³/mol. The molecule has 2 atom stereocenters. The Labute approximate surface area is 146 Å². The number of nitrogens with one attached hydrogen (secondary N) is 1. The molecule has 1 fully saturated rings. The van der Waals surface area contributed by atoms with Crippen molar-refractivity contribution in [2.75, 3.05) is 25.1 Å². The molecule has 2 aromatic heterocycles. The number of hydrogen-bond acceptors (Lipinski definition) is 7. The third-order valence-corrected chi connectivity index (χ3v) is 4.39. The molecule has 1 aliphatic heterocycles. The maximum absolute atomic E-state index is 12.4. The van der Waals surface area contributed by atoms with E-state index in [1.807, 2.05) is 13.0 Å². The Morgan fingerprint density at radius 2 is 2.28 bits per heavy atom. The molecule has 25 heavy (non-hydrogen) atoms. The van der Waals surface area contributed by atoms with E-state index in [9.17, 15) is 4.79 Å². The van der Waals surface area contributed by atoms with Crippen molar-refractivity contribution in [3.8, 4) is 0 Å². The van der Waals surface area contributed by atoms with Crippen molar-refractivity contribution in [1.82, 2.24) is 30.3 Å². The van der Waals surface area contributed by atoms with Crippen molar-refractivity contribution >= 4 is 11.7 Å². The topological polar surface area (TPSA) is 98.1 Å². The van der Waals surface area contributed by atoms with E-state index in [-0.39, 0.29) is 18.1 Å². The SMILES string of the molecule is CCn1nc(C)c(C(=O)NC[C@H]2C[C@@H](OC)CN2c2ccncn2)n1. The van der Waals surface area contributed by atoms with Crippen molar-refractivity contribution < 1.29 is 9.53 Å². The lowest BCUT2D eigenvalue weighted by Gasteiger charge is -2.25. The molecule has 0 saturated carbocycles. The van der Waals surface area contributed by atoms with Gasteiger partial charge in [0.05, 0.1) is 24.4 Å². The summed E-state index contributed by atoms with van der Waals surface area (Å²) in [5.74, 6) is 0.627. The summed E-state index contributed by atoms with van der Waals surface area (Å²) in [6.07, 6.45) is 4.17. The van der Waals surface area contributed by atoms with Gasteiger partial charge < -0.3 is 15.0 Å². The number of carbonyl (C=O) groups is 1. The highest BCUT2D eigenvalue weighted by atomic mass is 16.5. The normalized spacial score (nSPS) is 20.0. The van der Waals surface area contributed by atoms with Gasteiger partial charge in [-0.25, -0.2) is 9.97 Å². The Morgan fingerprint density at radius 1 is 1.44 bits per heavy atom. The van der Waals surface area contributed by atoms with E-state index in [0.29, 0.717) is 24.5 Å². The molecule has 0 aliphatic carbocycles. The van der Waals surface area contributed by atoms with Crippen LogP contribution < -0.4 is 10.2 Å². The Hall–Kier alpha value is -2.55. The quantitative estimate of drug-likeness (QED) is 0.810. The predicted octanol–water partition coefficient (Wildman–Crippen LogP) is 0.420. The second-order valence-electron chi connectivity index (χ2n) is 6.00. The molecule has 1 aliphatic rings. The highest BCUT2D eigenvalue weighted by molar-refractivity contribution is 5.93. The largest absolute Gasteiger partial charge is 0.380 e. The lowest BCUT2D eigenvalue weighted by atomic mass is 10.2. The second-order valence-corrected chi connectivity index (χ2v) is 6.00. The summed E-state index contributed by atoms with van der Waals surface area (Å²) in [5.41, 5.74) is 1.00. The number of carbonyl (C=O) groups excluding carboxylic acids is 1. The first-order valence-corrected chi connectivity index (χ1v) is 8.37. The molecule has 1 N–H and O–H groups in total. The number of anilines is 1. The Kier molecular flexibility index (Phi) is 5.22. The molecule has 9 nitrogen and oxygen atoms in total. The van der Waals surface area contributed by atoms with Gasteiger partial charge in [0, 0.05) is 26.4 Å². The van der Waals surface area contributed by atoms with E-state index in [0.717, 1.165) is 18.8 Å². The third-order valence-electron chi connectivity index (χ3n) is 4.39. The van der Waals surface area contributed by atoms with Crippen molar-refractivity contribution in [3.63, 3.8) is 0 Å². The smallest absolute Gasteiger partial charge is 0.273 e. The molecule has 2 aromatic rings. The zero-order valence-corrected chi connectivity index (χ0v) is 14.7. The Balaban J connectivity index is 1.67. The van der Waals surface area contributed by atoms with E-state index >= 15 is 0 Å². The highest BCUT2D eigenvalue weighted by Gasteiger charge is 2.33. The van der Waals surface area contributed by atoms with Gasteiger partial charge in [0.15, 0.2) is 5.69 Å². The fourth-order valence-corrected chi connectivity index (χ4v) is 3.05. The van der Waals surface area contributed by atoms with Crippen LogP contribution in [0.15, 0.2) is 18.6 Å². The van der Waals surface area contributed by atoms with Crippen LogP contribution in [0, 0.1) is 6.92 Å². The summed E-state index contributed by atoms with van der Waals surface area (Å²) in [6.45, 7) is 5.58. The molecule has 0 bridgehead atoms. The number of ether oxygens (including phenoxy) is 1. The van der Waals surface area contributed by atoms with Gasteiger partial charge in [-0.2, -0.15) is 9.90 Å². The van der Waals surface area contributed by atoms with Crippen LogP contribution in [0.5, 0.6) is 0 Å². The van der Waals surface area contributed by atoms with Gasteiger partial charge in [-0.05, 0) is 26.3 Å². The average molecular weight is 345 g/mol. The van der Waals surface area contributed by atoms with Crippen LogP contribution in [0.3, 0.4) is 0 Å². The second kappa shape index (κ2) is 7.56. The molecular formula is C16H23N7O2. The van der Waals surface area contributed by atoms with Gasteiger partial charge in [0.25, 0.3) is 5.91 Å². The molecule has 1 saturated heterocycles. The summed E-state index contributed by atoms with van der Waals surface area (Å²) < 4.78 is 5.50. The first-order valence-electron chi connectivity index (χ1n) is 8.37. The highest BCUT2D eigenvalue weighted by Crippen LogP contribution is 2.24. The Bertz CT molecular complexity index is 719. The van der Waals surface area contributed by atoms with Crippen molar-refractivity contribution in [2.24, 2.45) is 0 Å². The maximum Gasteiger partial charge on any atom is 0.273 e. The summed E-state index contributed by atoms with van der Waals surface area (Å²) in [4.78, 5) is 24.4. The fourth-order valence-electron chi connectivity index (χ4n) is 3.05. The molecule has 0 unspecified atom stereocenters. The number of hydrogen-bond donors (Lipinski definition) is 1. The van der Waals surface area contributed by atoms with Gasteiger partial charge in [0.1, 0.15) is 12.1 Å². The van der Waals surface area contributed by atoms with E-state index in [1.165, 1.54) is 11.1 Å². The monoisotopic (exact) mass is 345 g/mol. The van der Waals surface area contributed by atoms with E-state index < -0.39 is 0 Å². The number of nitrogens with zero attached hydrogens (tertiary/aromatic N) is 6. The van der Waals surface area contributed by atoms with Crippen molar-refractivity contribution in [3.05, 3.63) is 30.0 Å². The lowest BCUT2D eigenvalue weighted by Crippen LogP contribution is -2.40. The van der Waals surface area contributed by atoms with Crippen LogP contribution in [-0.2, 0) is 11.3 Å². The fraction of sp³-hybridized carbons (Fsp3) is 0.562. The maximum atomic E-state index is 12.4. The van der Waals surface area contributed by atoms with Crippen LogP contribution in [-0.4, -0.2) is 63.2 Å². The first-order chi connectivity index (χ1) is 12.1. The van der Waals surface area contributed by atoms with E-state index in [2.05, 4.69) is 30.4 Å². The zero-order valence-electron chi connectivity index (χ0n) is 14.7. The number of aromatic nitrogens is 5. The summed E-state index contributed by atoms with van der Waals surface area (Å²) in [5, 5.41) is 11.4. The van der Waals surface area contributed by atoms with Gasteiger partial charge in [-0.15, -0.1) is 5.10 Å². The minimum atomic E-state index is -0.208. The number of amides is 1. The molecule has 0 aromatic carbocycles. The molecule has 3 heterocycles. The van der Waals surface area contributed by atoms with Crippen LogP contribution in [0.1, 0.15) is 29.5 Å². The zero-order chi connectivity index (χ0) is 17.8. The average Bonchev–Trinajstić information content (AvgIpc) is 3.23. The summed E-state index contributed by atoms with van der Waals surface area (Å²) >= 11 is 0. The minimum Gasteiger partial charge on any atom is -0.380 e. The minimum absolute atomic E-state index is 0.102. The Morgan fingerprint density at radius 3 is 2.92 bits per heavy atom. The van der Waals surface area contributed by atoms with Gasteiger partial charge >= 0.3 is 0 Å². The van der Waals surface area contributed by atoms with Gasteiger partial charge in [-0.3, -0.25) is 4.79 Å². The molecule has 9 heteroatoms. The van der Waals surface area contributed by atoms with E-state index in [1.54, 1.807) is 20.2 Å². The van der Waals surface area contributed by atoms with Crippen LogP contribution in [0.25, 0.3) is 0 Å². The summed E-state index contributed by atoms with van der Waals surface area (Å²) in [6, 6.07) is 1.97. The molecule has 134 valence electrons. The standard InChI is InChI=1S/C16H23N7O2/c1-4-23-20-11(2)15(21-23)16(24)18-8-12-7-13(25-3)9-22(12)14-5-6-17-10-19-14/h5-6,10,12-13H,4,7-9H2,1-3H3,(H,18,24)/t12-,13-/m1/s1. The van der Waals surface area contributed by atoms with Gasteiger partial charge in [0.2, 0.25) is 0 Å². The van der Waals surface area contributed by atoms with Crippen LogP contribution >= 0.6 is 0 Å². The molecule has 0 spiro atoms. The number of methoxy groups -OCH3 is 1. The van der Waals surface area contributed by atoms with Crippen LogP contribution in [0.4, 0.5) is 5.82 Å². The van der Waals surface area contributed by atoms with Crippen molar-refractivity contribution in [1.29, 1.82) is 0 Å².